The summed E-state index contributed by atoms with van der Waals surface area (Å²) in [7, 11) is 0. The molecule has 0 saturated carbocycles. The Balaban J connectivity index is 2.10. The van der Waals surface area contributed by atoms with Crippen molar-refractivity contribution < 1.29 is 0 Å². The molecule has 0 atom stereocenters. The molecule has 2 heterocycles. The Hall–Kier alpha value is -1.12. The number of nitrogens with two attached hydrogens (primary N) is 1. The van der Waals surface area contributed by atoms with Gasteiger partial charge in [-0.3, -0.25) is 5.41 Å². The number of nitrogens with one attached hydrogen (secondary N) is 1. The summed E-state index contributed by atoms with van der Waals surface area (Å²) in [5.74, 6) is 0.0228. The third kappa shape index (κ3) is 3.18. The zero-order chi connectivity index (χ0) is 12.3. The lowest BCUT2D eigenvalue weighted by Crippen LogP contribution is -2.10. The van der Waals surface area contributed by atoms with E-state index in [9.17, 15) is 0 Å². The van der Waals surface area contributed by atoms with Gasteiger partial charge in [-0.2, -0.15) is 0 Å². The van der Waals surface area contributed by atoms with Crippen LogP contribution in [0.4, 0.5) is 0 Å². The molecule has 2 rings (SSSR count). The minimum absolute atomic E-state index is 0.0228. The molecule has 0 fully saturated rings. The van der Waals surface area contributed by atoms with E-state index in [0.717, 1.165) is 13.7 Å². The van der Waals surface area contributed by atoms with Crippen LogP contribution in [0.1, 0.15) is 5.56 Å². The van der Waals surface area contributed by atoms with Crippen molar-refractivity contribution in [1.82, 2.24) is 15.2 Å². The summed E-state index contributed by atoms with van der Waals surface area (Å²) in [5, 5.41) is 16.1. The first kappa shape index (κ1) is 12.3. The Bertz CT molecular complexity index is 522. The quantitative estimate of drug-likeness (QED) is 0.507. The van der Waals surface area contributed by atoms with E-state index in [0.29, 0.717) is 5.56 Å². The molecule has 0 unspecified atom stereocenters. The van der Waals surface area contributed by atoms with Crippen LogP contribution in [-0.4, -0.2) is 27.3 Å². The highest BCUT2D eigenvalue weighted by atomic mass is 32.2. The number of aromatic nitrogens is 3. The Morgan fingerprint density at radius 1 is 1.35 bits per heavy atom. The molecular formula is C9H9N5S3. The number of nitrogen functional groups attached to an aromatic ring is 1. The van der Waals surface area contributed by atoms with Crippen molar-refractivity contribution in [2.75, 3.05) is 6.26 Å². The summed E-state index contributed by atoms with van der Waals surface area (Å²) >= 11 is 4.56. The molecular weight excluding hydrogens is 274 g/mol. The van der Waals surface area contributed by atoms with E-state index in [1.165, 1.54) is 23.1 Å². The minimum Gasteiger partial charge on any atom is -0.384 e. The van der Waals surface area contributed by atoms with Gasteiger partial charge in [0, 0.05) is 11.8 Å². The Morgan fingerprint density at radius 2 is 2.12 bits per heavy atom. The Kier molecular flexibility index (Phi) is 3.97. The number of hydrogen-bond acceptors (Lipinski definition) is 7. The fourth-order valence-corrected chi connectivity index (χ4v) is 3.34. The predicted molar refractivity (Wildman–Crippen MR) is 71.1 cm³/mol. The smallest absolute Gasteiger partial charge is 0.181 e. The Morgan fingerprint density at radius 3 is 2.65 bits per heavy atom. The number of pyridine rings is 1. The van der Waals surface area contributed by atoms with Crippen LogP contribution in [0.5, 0.6) is 0 Å². The number of amidine groups is 1. The van der Waals surface area contributed by atoms with Crippen LogP contribution in [0, 0.1) is 5.41 Å². The van der Waals surface area contributed by atoms with Gasteiger partial charge in [0.15, 0.2) is 8.68 Å². The third-order valence-corrected chi connectivity index (χ3v) is 4.70. The van der Waals surface area contributed by atoms with Crippen molar-refractivity contribution in [3.63, 3.8) is 0 Å². The summed E-state index contributed by atoms with van der Waals surface area (Å²) < 4.78 is 1.80. The second-order valence-electron chi connectivity index (χ2n) is 2.94. The van der Waals surface area contributed by atoms with Gasteiger partial charge in [0.1, 0.15) is 10.9 Å². The molecule has 2 aromatic rings. The van der Waals surface area contributed by atoms with Crippen molar-refractivity contribution in [2.45, 2.75) is 13.7 Å². The third-order valence-electron chi connectivity index (χ3n) is 1.80. The van der Waals surface area contributed by atoms with Crippen molar-refractivity contribution in [3.05, 3.63) is 23.9 Å². The van der Waals surface area contributed by atoms with E-state index in [2.05, 4.69) is 15.2 Å². The van der Waals surface area contributed by atoms with Gasteiger partial charge in [-0.05, 0) is 30.2 Å². The summed E-state index contributed by atoms with van der Waals surface area (Å²) in [6, 6.07) is 3.59. The van der Waals surface area contributed by atoms with E-state index in [4.69, 9.17) is 11.1 Å². The van der Waals surface area contributed by atoms with Crippen LogP contribution < -0.4 is 5.73 Å². The zero-order valence-corrected chi connectivity index (χ0v) is 11.3. The van der Waals surface area contributed by atoms with Crippen LogP contribution in [0.3, 0.4) is 0 Å². The van der Waals surface area contributed by atoms with Crippen LogP contribution >= 0.6 is 34.9 Å². The highest BCUT2D eigenvalue weighted by molar-refractivity contribution is 8.02. The van der Waals surface area contributed by atoms with Crippen molar-refractivity contribution in [3.8, 4) is 0 Å². The van der Waals surface area contributed by atoms with Crippen molar-refractivity contribution in [1.29, 1.82) is 5.41 Å². The first-order valence-electron chi connectivity index (χ1n) is 4.55. The van der Waals surface area contributed by atoms with Gasteiger partial charge in [-0.15, -0.1) is 10.2 Å². The maximum absolute atomic E-state index is 7.26. The number of thioether (sulfide) groups is 1. The lowest BCUT2D eigenvalue weighted by Gasteiger charge is -1.99. The molecule has 2 aromatic heterocycles. The standard InChI is InChI=1S/C9H9N5S3/c1-15-8-13-14-9(17-8)16-6-3-2-5(4-12-6)7(10)11/h2-4H,1H3,(H3,10,11). The van der Waals surface area contributed by atoms with Gasteiger partial charge < -0.3 is 5.73 Å². The maximum Gasteiger partial charge on any atom is 0.181 e. The second-order valence-corrected chi connectivity index (χ2v) is 6.24. The van der Waals surface area contributed by atoms with Crippen LogP contribution in [0.2, 0.25) is 0 Å². The Labute approximate surface area is 111 Å². The summed E-state index contributed by atoms with van der Waals surface area (Å²) in [6.45, 7) is 0. The summed E-state index contributed by atoms with van der Waals surface area (Å²) in [5.41, 5.74) is 5.97. The average Bonchev–Trinajstić information content (AvgIpc) is 2.77. The molecule has 0 spiro atoms. The fourth-order valence-electron chi connectivity index (χ4n) is 1.01. The molecule has 0 amide bonds. The lowest BCUT2D eigenvalue weighted by molar-refractivity contribution is 0.953. The lowest BCUT2D eigenvalue weighted by atomic mass is 10.3. The molecule has 17 heavy (non-hydrogen) atoms. The molecule has 3 N–H and O–H groups in total. The molecule has 0 aliphatic carbocycles. The highest BCUT2D eigenvalue weighted by Gasteiger charge is 2.06. The fraction of sp³-hybridized carbons (Fsp3) is 0.111. The number of hydrogen-bond donors (Lipinski definition) is 2. The van der Waals surface area contributed by atoms with Gasteiger partial charge in [0.2, 0.25) is 0 Å². The van der Waals surface area contributed by atoms with Crippen molar-refractivity contribution >= 4 is 40.7 Å². The molecule has 0 aromatic carbocycles. The zero-order valence-electron chi connectivity index (χ0n) is 8.88. The van der Waals surface area contributed by atoms with E-state index in [-0.39, 0.29) is 5.84 Å². The molecule has 8 heteroatoms. The van der Waals surface area contributed by atoms with Crippen LogP contribution in [-0.2, 0) is 0 Å². The number of rotatable bonds is 4. The molecule has 0 saturated heterocycles. The van der Waals surface area contributed by atoms with Crippen LogP contribution in [0.15, 0.2) is 32.0 Å². The van der Waals surface area contributed by atoms with Gasteiger partial charge in [0.05, 0.1) is 0 Å². The predicted octanol–water partition coefficient (Wildman–Crippen LogP) is 2.09. The normalized spacial score (nSPS) is 10.4. The van der Waals surface area contributed by atoms with E-state index in [1.54, 1.807) is 24.0 Å². The molecule has 0 aliphatic heterocycles. The molecule has 0 bridgehead atoms. The minimum atomic E-state index is 0.0228. The largest absolute Gasteiger partial charge is 0.384 e. The highest BCUT2D eigenvalue weighted by Crippen LogP contribution is 2.31. The van der Waals surface area contributed by atoms with Gasteiger partial charge in [0.25, 0.3) is 0 Å². The molecule has 0 radical (unpaired) electrons. The van der Waals surface area contributed by atoms with E-state index < -0.39 is 0 Å². The van der Waals surface area contributed by atoms with E-state index in [1.807, 2.05) is 12.3 Å². The molecule has 0 aliphatic rings. The second kappa shape index (κ2) is 5.48. The van der Waals surface area contributed by atoms with Crippen molar-refractivity contribution in [2.24, 2.45) is 5.73 Å². The van der Waals surface area contributed by atoms with E-state index >= 15 is 0 Å². The number of nitrogens with zero attached hydrogens (tertiary/aromatic N) is 3. The van der Waals surface area contributed by atoms with Gasteiger partial charge >= 0.3 is 0 Å². The first-order valence-corrected chi connectivity index (χ1v) is 7.40. The topological polar surface area (TPSA) is 88.5 Å². The summed E-state index contributed by atoms with van der Waals surface area (Å²) in [6.07, 6.45) is 3.55. The average molecular weight is 283 g/mol. The SMILES string of the molecule is CSc1nnc(Sc2ccc(C(=N)N)cn2)s1. The maximum atomic E-state index is 7.26. The summed E-state index contributed by atoms with van der Waals surface area (Å²) in [4.78, 5) is 4.20. The van der Waals surface area contributed by atoms with Gasteiger partial charge in [-0.1, -0.05) is 23.1 Å². The first-order chi connectivity index (χ1) is 8.19. The molecule has 88 valence electrons. The van der Waals surface area contributed by atoms with Crippen LogP contribution in [0.25, 0.3) is 0 Å². The monoisotopic (exact) mass is 283 g/mol. The molecule has 5 nitrogen and oxygen atoms in total. The van der Waals surface area contributed by atoms with Gasteiger partial charge in [-0.25, -0.2) is 4.98 Å².